The van der Waals surface area contributed by atoms with Crippen LogP contribution in [0.1, 0.15) is 52.8 Å². The number of aromatic nitrogens is 2. The van der Waals surface area contributed by atoms with Crippen molar-refractivity contribution in [1.29, 1.82) is 0 Å². The highest BCUT2D eigenvalue weighted by Crippen LogP contribution is 2.36. The molecule has 0 radical (unpaired) electrons. The number of nitrogen functional groups attached to an aromatic ring is 1. The number of alkyl halides is 4. The van der Waals surface area contributed by atoms with Crippen LogP contribution in [0.3, 0.4) is 0 Å². The molecule has 3 aromatic rings. The van der Waals surface area contributed by atoms with E-state index in [0.717, 1.165) is 24.3 Å². The Morgan fingerprint density at radius 3 is 2.57 bits per heavy atom. The van der Waals surface area contributed by atoms with E-state index < -0.39 is 54.1 Å². The summed E-state index contributed by atoms with van der Waals surface area (Å²) in [4.78, 5) is 22.4. The van der Waals surface area contributed by atoms with E-state index in [9.17, 15) is 31.9 Å². The number of nitrogens with two attached hydrogens (primary N) is 1. The van der Waals surface area contributed by atoms with Crippen molar-refractivity contribution in [3.05, 3.63) is 75.5 Å². The van der Waals surface area contributed by atoms with Crippen molar-refractivity contribution in [2.24, 2.45) is 0 Å². The summed E-state index contributed by atoms with van der Waals surface area (Å²) in [6.45, 7) is -1.91. The first-order valence-corrected chi connectivity index (χ1v) is 13.8. The molecule has 4 N–H and O–H groups in total. The maximum absolute atomic E-state index is 15.5. The molecule has 0 aliphatic heterocycles. The number of amides is 1. The lowest BCUT2D eigenvalue weighted by molar-refractivity contribution is -0.144. The Kier molecular flexibility index (Phi) is 9.78. The van der Waals surface area contributed by atoms with Crippen LogP contribution >= 0.6 is 15.9 Å². The van der Waals surface area contributed by atoms with E-state index in [-0.39, 0.29) is 52.4 Å². The van der Waals surface area contributed by atoms with Crippen molar-refractivity contribution in [1.82, 2.24) is 20.2 Å². The number of nitrogens with one attached hydrogen (secondary N) is 1. The average molecular weight is 660 g/mol. The van der Waals surface area contributed by atoms with Gasteiger partial charge in [-0.25, -0.2) is 23.1 Å². The number of nitrogens with zero attached hydrogens (tertiary/aromatic N) is 3. The predicted molar refractivity (Wildman–Crippen MR) is 147 cm³/mol. The van der Waals surface area contributed by atoms with Gasteiger partial charge in [0.25, 0.3) is 5.91 Å². The molecular formula is C28H28BrF6N5O2. The fourth-order valence-electron chi connectivity index (χ4n) is 5.07. The minimum atomic E-state index is -4.85. The van der Waals surface area contributed by atoms with Crippen LogP contribution in [0.5, 0.6) is 0 Å². The molecule has 1 fully saturated rings. The van der Waals surface area contributed by atoms with Crippen molar-refractivity contribution in [3.8, 4) is 11.3 Å². The standard InChI is InChI=1S/C28H28BrF6N5O2/c1-37-12-23(16-6-17(29)10-18(30)7-16)40(13-28(33,34)35)27(42)19-4-2-15(9-20(19)31)25-26(36)38-11-22(39-25)14-3-5-24(41)21(32)8-14/h2,4,6-7,9-11,14,21,23-24,37,41H,3,5,8,12-13H2,1H3,(H2,36,38)/t14-,21-,23+,24-/m0/s1. The molecule has 14 heteroatoms. The van der Waals surface area contributed by atoms with E-state index in [0.29, 0.717) is 17.0 Å². The molecule has 226 valence electrons. The Labute approximate surface area is 246 Å². The zero-order chi connectivity index (χ0) is 30.8. The number of aliphatic hydroxyl groups excluding tert-OH is 1. The Hall–Kier alpha value is -3.23. The van der Waals surface area contributed by atoms with E-state index in [1.807, 2.05) is 0 Å². The molecule has 0 spiro atoms. The van der Waals surface area contributed by atoms with Crippen LogP contribution in [0.25, 0.3) is 11.3 Å². The van der Waals surface area contributed by atoms with Gasteiger partial charge in [-0.3, -0.25) is 4.79 Å². The predicted octanol–water partition coefficient (Wildman–Crippen LogP) is 5.70. The van der Waals surface area contributed by atoms with E-state index in [1.165, 1.54) is 25.4 Å². The number of hydrogen-bond donors (Lipinski definition) is 3. The fourth-order valence-corrected chi connectivity index (χ4v) is 5.55. The lowest BCUT2D eigenvalue weighted by atomic mass is 9.84. The minimum absolute atomic E-state index is 0.0196. The highest BCUT2D eigenvalue weighted by Gasteiger charge is 2.38. The molecule has 42 heavy (non-hydrogen) atoms. The van der Waals surface area contributed by atoms with Gasteiger partial charge < -0.3 is 21.1 Å². The van der Waals surface area contributed by atoms with Crippen LogP contribution in [-0.2, 0) is 0 Å². The number of halogens is 7. The van der Waals surface area contributed by atoms with Gasteiger partial charge in [0.2, 0.25) is 0 Å². The summed E-state index contributed by atoms with van der Waals surface area (Å²) in [6.07, 6.45) is -5.26. The van der Waals surface area contributed by atoms with Crippen molar-refractivity contribution in [3.63, 3.8) is 0 Å². The summed E-state index contributed by atoms with van der Waals surface area (Å²) in [5.41, 5.74) is 5.94. The van der Waals surface area contributed by atoms with Gasteiger partial charge in [-0.1, -0.05) is 22.0 Å². The Bertz CT molecular complexity index is 1420. The van der Waals surface area contributed by atoms with Gasteiger partial charge in [0.05, 0.1) is 29.6 Å². The summed E-state index contributed by atoms with van der Waals surface area (Å²) in [5, 5.41) is 12.4. The first-order chi connectivity index (χ1) is 19.8. The van der Waals surface area contributed by atoms with Crippen LogP contribution < -0.4 is 11.1 Å². The molecule has 7 nitrogen and oxygen atoms in total. The minimum Gasteiger partial charge on any atom is -0.390 e. The molecule has 1 saturated carbocycles. The summed E-state index contributed by atoms with van der Waals surface area (Å²) >= 11 is 3.11. The quantitative estimate of drug-likeness (QED) is 0.268. The summed E-state index contributed by atoms with van der Waals surface area (Å²) < 4.78 is 85.0. The third-order valence-corrected chi connectivity index (χ3v) is 7.56. The van der Waals surface area contributed by atoms with Crippen molar-refractivity contribution >= 4 is 27.7 Å². The summed E-state index contributed by atoms with van der Waals surface area (Å²) in [6, 6.07) is 5.42. The number of carbonyl (C=O) groups excluding carboxylic acids is 1. The van der Waals surface area contributed by atoms with Crippen molar-refractivity contribution in [2.75, 3.05) is 25.9 Å². The van der Waals surface area contributed by atoms with Gasteiger partial charge in [-0.15, -0.1) is 0 Å². The molecule has 4 atom stereocenters. The van der Waals surface area contributed by atoms with Crippen LogP contribution in [0.2, 0.25) is 0 Å². The maximum Gasteiger partial charge on any atom is 0.406 e. The normalized spacial score (nSPS) is 19.9. The SMILES string of the molecule is CNC[C@H](c1cc(F)cc(Br)c1)N(CC(F)(F)F)C(=O)c1ccc(-c2nc([C@H]3CC[C@H](O)[C@@H](F)C3)cnc2N)cc1F. The Balaban J connectivity index is 1.69. The monoisotopic (exact) mass is 659 g/mol. The highest BCUT2D eigenvalue weighted by atomic mass is 79.9. The van der Waals surface area contributed by atoms with E-state index in [2.05, 4.69) is 31.2 Å². The molecule has 0 unspecified atom stereocenters. The van der Waals surface area contributed by atoms with E-state index in [4.69, 9.17) is 5.73 Å². The number of carbonyl (C=O) groups is 1. The maximum atomic E-state index is 15.5. The average Bonchev–Trinajstić information content (AvgIpc) is 2.91. The molecule has 4 rings (SSSR count). The number of hydrogen-bond acceptors (Lipinski definition) is 6. The van der Waals surface area contributed by atoms with Gasteiger partial charge in [-0.2, -0.15) is 13.2 Å². The molecule has 0 saturated heterocycles. The van der Waals surface area contributed by atoms with Gasteiger partial charge in [0.15, 0.2) is 0 Å². The van der Waals surface area contributed by atoms with Crippen LogP contribution in [-0.4, -0.2) is 64.5 Å². The molecule has 1 heterocycles. The zero-order valence-electron chi connectivity index (χ0n) is 22.3. The molecule has 1 aliphatic rings. The molecule has 1 amide bonds. The molecule has 1 aliphatic carbocycles. The lowest BCUT2D eigenvalue weighted by Gasteiger charge is -2.33. The second-order valence-corrected chi connectivity index (χ2v) is 11.1. The Morgan fingerprint density at radius 2 is 1.95 bits per heavy atom. The van der Waals surface area contributed by atoms with Gasteiger partial charge in [-0.05, 0) is 62.2 Å². The van der Waals surface area contributed by atoms with Crippen molar-refractivity contribution < 1.29 is 36.2 Å². The zero-order valence-corrected chi connectivity index (χ0v) is 23.9. The van der Waals surface area contributed by atoms with Crippen molar-refractivity contribution in [2.45, 2.75) is 49.7 Å². The van der Waals surface area contributed by atoms with Gasteiger partial charge >= 0.3 is 6.18 Å². The first kappa shape index (κ1) is 31.7. The third kappa shape index (κ3) is 7.39. The fraction of sp³-hybridized carbons (Fsp3) is 0.393. The van der Waals surface area contributed by atoms with Crippen LogP contribution in [0, 0.1) is 11.6 Å². The van der Waals surface area contributed by atoms with Gasteiger partial charge in [0, 0.05) is 22.5 Å². The van der Waals surface area contributed by atoms with Crippen LogP contribution in [0.4, 0.5) is 32.2 Å². The molecule has 0 bridgehead atoms. The molecule has 2 aromatic carbocycles. The van der Waals surface area contributed by atoms with Gasteiger partial charge in [0.1, 0.15) is 35.9 Å². The first-order valence-electron chi connectivity index (χ1n) is 13.0. The number of benzene rings is 2. The van der Waals surface area contributed by atoms with E-state index in [1.54, 1.807) is 0 Å². The number of rotatable bonds is 8. The Morgan fingerprint density at radius 1 is 1.21 bits per heavy atom. The smallest absolute Gasteiger partial charge is 0.390 e. The third-order valence-electron chi connectivity index (χ3n) is 7.10. The second-order valence-electron chi connectivity index (χ2n) is 10.1. The molecule has 1 aromatic heterocycles. The van der Waals surface area contributed by atoms with E-state index >= 15 is 4.39 Å². The summed E-state index contributed by atoms with van der Waals surface area (Å²) in [5.74, 6) is -3.56. The highest BCUT2D eigenvalue weighted by molar-refractivity contribution is 9.10. The number of likely N-dealkylation sites (N-methyl/N-ethyl adjacent to an activating group) is 1. The lowest BCUT2D eigenvalue weighted by Crippen LogP contribution is -2.44. The largest absolute Gasteiger partial charge is 0.406 e. The van der Waals surface area contributed by atoms with Crippen LogP contribution in [0.15, 0.2) is 47.1 Å². The topological polar surface area (TPSA) is 104 Å². The second kappa shape index (κ2) is 13.0. The summed E-state index contributed by atoms with van der Waals surface area (Å²) in [7, 11) is 1.45. The molecular weight excluding hydrogens is 632 g/mol. The number of aliphatic hydroxyl groups is 1. The number of anilines is 1.